The van der Waals surface area contributed by atoms with E-state index in [2.05, 4.69) is 0 Å². The molecule has 6 heteroatoms. The Kier molecular flexibility index (Phi) is 3.88. The minimum atomic E-state index is -1.70. The summed E-state index contributed by atoms with van der Waals surface area (Å²) in [6.07, 6.45) is -2.05. The summed E-state index contributed by atoms with van der Waals surface area (Å²) in [6.45, 7) is 4.20. The zero-order valence-corrected chi connectivity index (χ0v) is 10.9. The first kappa shape index (κ1) is 14.8. The van der Waals surface area contributed by atoms with Gasteiger partial charge in [0.05, 0.1) is 6.61 Å². The molecule has 1 aliphatic rings. The summed E-state index contributed by atoms with van der Waals surface area (Å²) in [5.41, 5.74) is -2.49. The maximum Gasteiger partial charge on any atom is 0.195 e. The standard InChI is InChI=1S/C11H22O6/c1-9(15-4)8(13)7(6-12)17-11(3,14)10(9,2)16-5/h7-8,12-14H,6H2,1-5H3/t7-,8+,9+,10-,11+/m1/s1. The van der Waals surface area contributed by atoms with Crippen molar-refractivity contribution in [2.75, 3.05) is 20.8 Å². The van der Waals surface area contributed by atoms with Crippen LogP contribution in [0.5, 0.6) is 0 Å². The van der Waals surface area contributed by atoms with Crippen molar-refractivity contribution < 1.29 is 29.5 Å². The molecule has 0 unspecified atom stereocenters. The number of ether oxygens (including phenoxy) is 3. The van der Waals surface area contributed by atoms with Gasteiger partial charge in [-0.3, -0.25) is 0 Å². The largest absolute Gasteiger partial charge is 0.394 e. The lowest BCUT2D eigenvalue weighted by Gasteiger charge is -2.58. The molecule has 1 heterocycles. The maximum atomic E-state index is 10.3. The number of aliphatic hydroxyl groups is 3. The third-order valence-corrected chi connectivity index (χ3v) is 4.14. The molecule has 0 radical (unpaired) electrons. The van der Waals surface area contributed by atoms with Gasteiger partial charge in [-0.05, 0) is 20.8 Å². The Balaban J connectivity index is 3.28. The lowest BCUT2D eigenvalue weighted by Crippen LogP contribution is -2.77. The fourth-order valence-electron chi connectivity index (χ4n) is 2.41. The molecule has 6 nitrogen and oxygen atoms in total. The van der Waals surface area contributed by atoms with Crippen LogP contribution in [0.1, 0.15) is 20.8 Å². The fraction of sp³-hybridized carbons (Fsp3) is 1.00. The van der Waals surface area contributed by atoms with Crippen LogP contribution in [0, 0.1) is 0 Å². The van der Waals surface area contributed by atoms with Crippen LogP contribution in [-0.4, -0.2) is 65.3 Å². The topological polar surface area (TPSA) is 88.4 Å². The van der Waals surface area contributed by atoms with Gasteiger partial charge in [-0.1, -0.05) is 0 Å². The zero-order valence-electron chi connectivity index (χ0n) is 10.9. The molecule has 1 fully saturated rings. The number of hydrogen-bond donors (Lipinski definition) is 3. The average molecular weight is 250 g/mol. The Morgan fingerprint density at radius 3 is 2.06 bits per heavy atom. The second-order valence-corrected chi connectivity index (χ2v) is 4.82. The molecule has 0 spiro atoms. The van der Waals surface area contributed by atoms with Gasteiger partial charge >= 0.3 is 0 Å². The van der Waals surface area contributed by atoms with E-state index in [1.807, 2.05) is 0 Å². The van der Waals surface area contributed by atoms with Gasteiger partial charge in [0.25, 0.3) is 0 Å². The van der Waals surface area contributed by atoms with E-state index in [1.165, 1.54) is 21.1 Å². The van der Waals surface area contributed by atoms with Crippen LogP contribution in [0.15, 0.2) is 0 Å². The van der Waals surface area contributed by atoms with Crippen LogP contribution >= 0.6 is 0 Å². The minimum absolute atomic E-state index is 0.421. The average Bonchev–Trinajstić information content (AvgIpc) is 2.31. The molecule has 5 atom stereocenters. The van der Waals surface area contributed by atoms with Crippen molar-refractivity contribution in [3.63, 3.8) is 0 Å². The van der Waals surface area contributed by atoms with Gasteiger partial charge in [0, 0.05) is 14.2 Å². The summed E-state index contributed by atoms with van der Waals surface area (Å²) >= 11 is 0. The van der Waals surface area contributed by atoms with Crippen LogP contribution in [-0.2, 0) is 14.2 Å². The molecule has 17 heavy (non-hydrogen) atoms. The molecule has 1 aliphatic heterocycles. The van der Waals surface area contributed by atoms with E-state index in [9.17, 15) is 15.3 Å². The van der Waals surface area contributed by atoms with Gasteiger partial charge in [-0.25, -0.2) is 0 Å². The van der Waals surface area contributed by atoms with Crippen LogP contribution in [0.2, 0.25) is 0 Å². The van der Waals surface area contributed by atoms with Crippen molar-refractivity contribution in [2.45, 2.75) is 50.0 Å². The quantitative estimate of drug-likeness (QED) is 0.611. The highest BCUT2D eigenvalue weighted by Crippen LogP contribution is 2.46. The smallest absolute Gasteiger partial charge is 0.195 e. The Labute approximate surface area is 101 Å². The monoisotopic (exact) mass is 250 g/mol. The van der Waals surface area contributed by atoms with Crippen LogP contribution in [0.25, 0.3) is 0 Å². The third kappa shape index (κ3) is 1.80. The molecular weight excluding hydrogens is 228 g/mol. The highest BCUT2D eigenvalue weighted by molar-refractivity contribution is 5.13. The molecule has 0 aromatic heterocycles. The third-order valence-electron chi connectivity index (χ3n) is 4.14. The van der Waals surface area contributed by atoms with Crippen molar-refractivity contribution >= 4 is 0 Å². The highest BCUT2D eigenvalue weighted by Gasteiger charge is 2.67. The Morgan fingerprint density at radius 1 is 1.18 bits per heavy atom. The van der Waals surface area contributed by atoms with Crippen molar-refractivity contribution in [2.24, 2.45) is 0 Å². The number of rotatable bonds is 3. The van der Waals surface area contributed by atoms with Gasteiger partial charge in [0.1, 0.15) is 23.4 Å². The van der Waals surface area contributed by atoms with E-state index in [1.54, 1.807) is 13.8 Å². The molecule has 0 bridgehead atoms. The zero-order chi connectivity index (χ0) is 13.5. The summed E-state index contributed by atoms with van der Waals surface area (Å²) in [7, 11) is 2.82. The van der Waals surface area contributed by atoms with Crippen LogP contribution in [0.3, 0.4) is 0 Å². The SMILES string of the molecule is CO[C@@]1(C)[C@@](C)(O)O[C@H](CO)[C@H](O)[C@]1(C)OC. The van der Waals surface area contributed by atoms with Gasteiger partial charge in [0.2, 0.25) is 0 Å². The highest BCUT2D eigenvalue weighted by atomic mass is 16.7. The van der Waals surface area contributed by atoms with Crippen LogP contribution in [0.4, 0.5) is 0 Å². The lowest BCUT2D eigenvalue weighted by molar-refractivity contribution is -0.409. The predicted octanol–water partition coefficient (Wildman–Crippen LogP) is -0.743. The van der Waals surface area contributed by atoms with Crippen molar-refractivity contribution in [1.29, 1.82) is 0 Å². The van der Waals surface area contributed by atoms with Gasteiger partial charge in [-0.15, -0.1) is 0 Å². The van der Waals surface area contributed by atoms with Gasteiger partial charge in [-0.2, -0.15) is 0 Å². The van der Waals surface area contributed by atoms with E-state index in [-0.39, 0.29) is 0 Å². The molecular formula is C11H22O6. The van der Waals surface area contributed by atoms with E-state index in [0.29, 0.717) is 0 Å². The van der Waals surface area contributed by atoms with Gasteiger partial charge < -0.3 is 29.5 Å². The summed E-state index contributed by atoms with van der Waals surface area (Å²) < 4.78 is 16.0. The van der Waals surface area contributed by atoms with Crippen molar-refractivity contribution in [3.05, 3.63) is 0 Å². The molecule has 102 valence electrons. The maximum absolute atomic E-state index is 10.3. The molecule has 1 saturated heterocycles. The first-order valence-electron chi connectivity index (χ1n) is 5.49. The molecule has 0 amide bonds. The minimum Gasteiger partial charge on any atom is -0.394 e. The summed E-state index contributed by atoms with van der Waals surface area (Å²) in [6, 6.07) is 0. The predicted molar refractivity (Wildman–Crippen MR) is 59.4 cm³/mol. The number of hydrogen-bond acceptors (Lipinski definition) is 6. The number of aliphatic hydroxyl groups excluding tert-OH is 2. The Morgan fingerprint density at radius 2 is 1.71 bits per heavy atom. The molecule has 0 aliphatic carbocycles. The summed E-state index contributed by atoms with van der Waals surface area (Å²) in [4.78, 5) is 0. The lowest BCUT2D eigenvalue weighted by atomic mass is 9.71. The van der Waals surface area contributed by atoms with E-state index < -0.39 is 35.8 Å². The van der Waals surface area contributed by atoms with E-state index in [0.717, 1.165) is 0 Å². The Bertz CT molecular complexity index is 281. The molecule has 3 N–H and O–H groups in total. The normalized spacial score (nSPS) is 51.5. The molecule has 0 aromatic rings. The fourth-order valence-corrected chi connectivity index (χ4v) is 2.41. The first-order valence-corrected chi connectivity index (χ1v) is 5.49. The Hall–Kier alpha value is -0.240. The van der Waals surface area contributed by atoms with E-state index in [4.69, 9.17) is 14.2 Å². The first-order chi connectivity index (χ1) is 7.70. The second-order valence-electron chi connectivity index (χ2n) is 4.82. The van der Waals surface area contributed by atoms with Gasteiger partial charge in [0.15, 0.2) is 5.79 Å². The molecule has 1 rings (SSSR count). The summed E-state index contributed by atoms with van der Waals surface area (Å²) in [5.74, 6) is -1.70. The summed E-state index contributed by atoms with van der Waals surface area (Å²) in [5, 5.41) is 29.7. The molecule has 0 aromatic carbocycles. The molecule has 0 saturated carbocycles. The van der Waals surface area contributed by atoms with Crippen LogP contribution < -0.4 is 0 Å². The number of methoxy groups -OCH3 is 2. The van der Waals surface area contributed by atoms with E-state index >= 15 is 0 Å². The van der Waals surface area contributed by atoms with Crippen molar-refractivity contribution in [3.8, 4) is 0 Å². The second kappa shape index (κ2) is 4.46. The van der Waals surface area contributed by atoms with Crippen molar-refractivity contribution in [1.82, 2.24) is 0 Å².